The van der Waals surface area contributed by atoms with Crippen LogP contribution in [0.25, 0.3) is 17.1 Å². The smallest absolute Gasteiger partial charge is 0.307 e. The van der Waals surface area contributed by atoms with Crippen molar-refractivity contribution in [1.82, 2.24) is 20.0 Å². The molecule has 0 saturated heterocycles. The van der Waals surface area contributed by atoms with Gasteiger partial charge < -0.3 is 14.2 Å². The van der Waals surface area contributed by atoms with Crippen LogP contribution in [0, 0.1) is 0 Å². The normalized spacial score (nSPS) is 12.9. The summed E-state index contributed by atoms with van der Waals surface area (Å²) in [5.74, 6) is 0.450. The second-order valence-electron chi connectivity index (χ2n) is 6.78. The first-order valence-corrected chi connectivity index (χ1v) is 9.62. The summed E-state index contributed by atoms with van der Waals surface area (Å²) >= 11 is 0. The number of amides is 1. The van der Waals surface area contributed by atoms with Gasteiger partial charge >= 0.3 is 5.97 Å². The topological polar surface area (TPSA) is 98.4 Å². The quantitative estimate of drug-likeness (QED) is 0.420. The van der Waals surface area contributed by atoms with Crippen LogP contribution < -0.4 is 0 Å². The number of aryl methyl sites for hydroxylation is 1. The molecule has 0 fully saturated rings. The molecule has 0 atom stereocenters. The fourth-order valence-corrected chi connectivity index (χ4v) is 3.22. The van der Waals surface area contributed by atoms with Gasteiger partial charge in [0.2, 0.25) is 11.7 Å². The Balaban J connectivity index is 1.19. The van der Waals surface area contributed by atoms with Gasteiger partial charge in [-0.25, -0.2) is 0 Å². The Morgan fingerprint density at radius 3 is 2.77 bits per heavy atom. The first-order valence-electron chi connectivity index (χ1n) is 9.62. The number of ether oxygens (including phenoxy) is 1. The van der Waals surface area contributed by atoms with E-state index in [1.807, 2.05) is 24.3 Å². The van der Waals surface area contributed by atoms with Crippen LogP contribution in [-0.4, -0.2) is 45.1 Å². The largest absolute Gasteiger partial charge is 0.466 e. The molecule has 1 amide bonds. The SMILES string of the molecule is C=C1c2ccccc2C(=O)N1CCC(=O)OCCCc1nc(-c2cccnc2)no1. The first kappa shape index (κ1) is 19.5. The minimum atomic E-state index is -0.367. The van der Waals surface area contributed by atoms with Crippen LogP contribution >= 0.6 is 0 Å². The lowest BCUT2D eigenvalue weighted by Crippen LogP contribution is -2.26. The summed E-state index contributed by atoms with van der Waals surface area (Å²) in [5.41, 5.74) is 2.81. The van der Waals surface area contributed by atoms with Crippen molar-refractivity contribution in [2.24, 2.45) is 0 Å². The molecule has 8 heteroatoms. The maximum absolute atomic E-state index is 12.4. The van der Waals surface area contributed by atoms with Crippen molar-refractivity contribution in [3.8, 4) is 11.4 Å². The number of aromatic nitrogens is 3. The molecular formula is C22H20N4O4. The standard InChI is InChI=1S/C22H20N4O4/c1-15-17-7-2-3-8-18(17)22(28)26(15)12-10-20(27)29-13-5-9-19-24-21(25-30-19)16-6-4-11-23-14-16/h2-4,6-8,11,14H,1,5,9-10,12-13H2. The second kappa shape index (κ2) is 8.69. The van der Waals surface area contributed by atoms with E-state index in [-0.39, 0.29) is 31.4 Å². The molecule has 1 aliphatic rings. The number of esters is 1. The zero-order chi connectivity index (χ0) is 20.9. The number of nitrogens with zero attached hydrogens (tertiary/aromatic N) is 4. The van der Waals surface area contributed by atoms with Crippen molar-refractivity contribution in [3.05, 3.63) is 72.4 Å². The number of carbonyl (C=O) groups excluding carboxylic acids is 2. The molecule has 0 unspecified atom stereocenters. The van der Waals surface area contributed by atoms with E-state index < -0.39 is 0 Å². The zero-order valence-electron chi connectivity index (χ0n) is 16.3. The molecule has 0 bridgehead atoms. The van der Waals surface area contributed by atoms with Gasteiger partial charge in [-0.15, -0.1) is 0 Å². The highest BCUT2D eigenvalue weighted by atomic mass is 16.5. The van der Waals surface area contributed by atoms with E-state index in [2.05, 4.69) is 21.7 Å². The number of hydrogen-bond acceptors (Lipinski definition) is 7. The highest BCUT2D eigenvalue weighted by Gasteiger charge is 2.30. The van der Waals surface area contributed by atoms with E-state index in [9.17, 15) is 9.59 Å². The number of benzene rings is 1. The molecule has 3 heterocycles. The Bertz CT molecular complexity index is 1040. The Morgan fingerprint density at radius 1 is 1.17 bits per heavy atom. The summed E-state index contributed by atoms with van der Waals surface area (Å²) in [7, 11) is 0. The Kier molecular flexibility index (Phi) is 5.65. The molecule has 8 nitrogen and oxygen atoms in total. The minimum Gasteiger partial charge on any atom is -0.466 e. The lowest BCUT2D eigenvalue weighted by atomic mass is 10.1. The predicted octanol–water partition coefficient (Wildman–Crippen LogP) is 3.12. The van der Waals surface area contributed by atoms with Gasteiger partial charge in [-0.05, 0) is 24.6 Å². The molecule has 1 aliphatic heterocycles. The van der Waals surface area contributed by atoms with Crippen LogP contribution in [0.5, 0.6) is 0 Å². The maximum atomic E-state index is 12.4. The molecule has 0 aliphatic carbocycles. The Hall–Kier alpha value is -3.81. The van der Waals surface area contributed by atoms with Crippen LogP contribution in [0.4, 0.5) is 0 Å². The van der Waals surface area contributed by atoms with Crippen molar-refractivity contribution >= 4 is 17.6 Å². The number of rotatable bonds is 8. The van der Waals surface area contributed by atoms with E-state index >= 15 is 0 Å². The number of hydrogen-bond donors (Lipinski definition) is 0. The van der Waals surface area contributed by atoms with Gasteiger partial charge in [-0.1, -0.05) is 29.9 Å². The van der Waals surface area contributed by atoms with E-state index in [0.717, 1.165) is 11.1 Å². The lowest BCUT2D eigenvalue weighted by molar-refractivity contribution is -0.143. The second-order valence-corrected chi connectivity index (χ2v) is 6.78. The number of fused-ring (bicyclic) bond motifs is 1. The van der Waals surface area contributed by atoms with E-state index in [1.54, 1.807) is 24.5 Å². The molecule has 0 saturated carbocycles. The van der Waals surface area contributed by atoms with Crippen molar-refractivity contribution in [2.45, 2.75) is 19.3 Å². The van der Waals surface area contributed by atoms with Crippen LogP contribution in [0.2, 0.25) is 0 Å². The average Bonchev–Trinajstić information content (AvgIpc) is 3.34. The lowest BCUT2D eigenvalue weighted by Gasteiger charge is -2.16. The first-order chi connectivity index (χ1) is 14.6. The zero-order valence-corrected chi connectivity index (χ0v) is 16.3. The molecule has 30 heavy (non-hydrogen) atoms. The highest BCUT2D eigenvalue weighted by Crippen LogP contribution is 2.31. The summed E-state index contributed by atoms with van der Waals surface area (Å²) in [6.45, 7) is 4.44. The molecule has 0 spiro atoms. The van der Waals surface area contributed by atoms with E-state index in [4.69, 9.17) is 9.26 Å². The van der Waals surface area contributed by atoms with Gasteiger partial charge in [0.1, 0.15) is 0 Å². The maximum Gasteiger partial charge on any atom is 0.307 e. The van der Waals surface area contributed by atoms with Gasteiger partial charge in [0.25, 0.3) is 5.91 Å². The summed E-state index contributed by atoms with van der Waals surface area (Å²) in [4.78, 5) is 34.3. The molecule has 152 valence electrons. The molecular weight excluding hydrogens is 384 g/mol. The minimum absolute atomic E-state index is 0.102. The van der Waals surface area contributed by atoms with Gasteiger partial charge in [0, 0.05) is 47.7 Å². The average molecular weight is 404 g/mol. The van der Waals surface area contributed by atoms with Crippen molar-refractivity contribution in [2.75, 3.05) is 13.2 Å². The number of pyridine rings is 1. The van der Waals surface area contributed by atoms with Crippen LogP contribution in [0.1, 0.15) is 34.7 Å². The van der Waals surface area contributed by atoms with Gasteiger partial charge in [0.05, 0.1) is 13.0 Å². The number of carbonyl (C=O) groups is 2. The summed E-state index contributed by atoms with van der Waals surface area (Å²) in [5, 5.41) is 3.93. The summed E-state index contributed by atoms with van der Waals surface area (Å²) < 4.78 is 10.5. The molecule has 1 aromatic carbocycles. The van der Waals surface area contributed by atoms with Crippen molar-refractivity contribution in [3.63, 3.8) is 0 Å². The third-order valence-corrected chi connectivity index (χ3v) is 4.76. The van der Waals surface area contributed by atoms with Crippen molar-refractivity contribution in [1.29, 1.82) is 0 Å². The fourth-order valence-electron chi connectivity index (χ4n) is 3.22. The third-order valence-electron chi connectivity index (χ3n) is 4.76. The third kappa shape index (κ3) is 4.12. The van der Waals surface area contributed by atoms with Gasteiger partial charge in [0.15, 0.2) is 0 Å². The van der Waals surface area contributed by atoms with Gasteiger partial charge in [-0.2, -0.15) is 4.98 Å². The molecule has 3 aromatic rings. The molecule has 2 aromatic heterocycles. The molecule has 0 N–H and O–H groups in total. The Morgan fingerprint density at radius 2 is 2.00 bits per heavy atom. The molecule has 4 rings (SSSR count). The van der Waals surface area contributed by atoms with Crippen LogP contribution in [0.3, 0.4) is 0 Å². The van der Waals surface area contributed by atoms with E-state index in [1.165, 1.54) is 4.90 Å². The van der Waals surface area contributed by atoms with Crippen molar-refractivity contribution < 1.29 is 18.8 Å². The van der Waals surface area contributed by atoms with Crippen LogP contribution in [-0.2, 0) is 16.0 Å². The summed E-state index contributed by atoms with van der Waals surface area (Å²) in [6.07, 6.45) is 4.49. The van der Waals surface area contributed by atoms with Gasteiger partial charge in [-0.3, -0.25) is 14.6 Å². The fraction of sp³-hybridized carbons (Fsp3) is 0.227. The highest BCUT2D eigenvalue weighted by molar-refractivity contribution is 6.08. The van der Waals surface area contributed by atoms with Crippen LogP contribution in [0.15, 0.2) is 59.9 Å². The Labute approximate surface area is 173 Å². The van der Waals surface area contributed by atoms with E-state index in [0.29, 0.717) is 35.8 Å². The summed E-state index contributed by atoms with van der Waals surface area (Å²) in [6, 6.07) is 10.9. The molecule has 0 radical (unpaired) electrons. The predicted molar refractivity (Wildman–Crippen MR) is 108 cm³/mol. The monoisotopic (exact) mass is 404 g/mol.